The molecule has 0 aliphatic carbocycles. The van der Waals surface area contributed by atoms with Crippen molar-refractivity contribution in [2.45, 2.75) is 64.9 Å². The minimum atomic E-state index is -0.498. The first kappa shape index (κ1) is 20.1. The van der Waals surface area contributed by atoms with Crippen molar-refractivity contribution in [1.82, 2.24) is 10.6 Å². The lowest BCUT2D eigenvalue weighted by Gasteiger charge is -2.34. The third-order valence-corrected chi connectivity index (χ3v) is 3.42. The minimum Gasteiger partial charge on any atom is -0.444 e. The number of nitrogens with one attached hydrogen (secondary N) is 2. The Morgan fingerprint density at radius 1 is 1.10 bits per heavy atom. The van der Waals surface area contributed by atoms with E-state index in [1.807, 2.05) is 34.6 Å². The maximum absolute atomic E-state index is 12.0. The first-order chi connectivity index (χ1) is 9.71. The fraction of sp³-hybridized carbons (Fsp3) is 0.933. The molecule has 0 radical (unpaired) electrons. The maximum Gasteiger partial charge on any atom is 0.408 e. The predicted octanol–water partition coefficient (Wildman–Crippen LogP) is 2.28. The van der Waals surface area contributed by atoms with Crippen LogP contribution in [0.15, 0.2) is 0 Å². The van der Waals surface area contributed by atoms with Crippen molar-refractivity contribution >= 4 is 6.09 Å². The molecule has 0 atom stereocenters. The van der Waals surface area contributed by atoms with Gasteiger partial charge in [-0.05, 0) is 33.6 Å². The number of alkyl carbamates (subject to hydrolysis) is 1. The molecule has 21 heavy (non-hydrogen) atoms. The molecule has 6 nitrogen and oxygen atoms in total. The van der Waals surface area contributed by atoms with Crippen LogP contribution in [-0.4, -0.2) is 50.8 Å². The normalized spacial score (nSPS) is 12.6. The lowest BCUT2D eigenvalue weighted by atomic mass is 9.93. The molecule has 0 aromatic carbocycles. The molecule has 0 saturated carbocycles. The van der Waals surface area contributed by atoms with Crippen molar-refractivity contribution < 1.29 is 19.0 Å². The lowest BCUT2D eigenvalue weighted by Crippen LogP contribution is -2.55. The van der Waals surface area contributed by atoms with Crippen LogP contribution in [0.25, 0.3) is 0 Å². The summed E-state index contributed by atoms with van der Waals surface area (Å²) in [6.07, 6.45) is 0.932. The molecule has 0 spiro atoms. The van der Waals surface area contributed by atoms with E-state index in [2.05, 4.69) is 10.6 Å². The molecule has 0 bridgehead atoms. The van der Waals surface area contributed by atoms with Crippen molar-refractivity contribution in [1.29, 1.82) is 0 Å². The number of rotatable bonds is 9. The van der Waals surface area contributed by atoms with E-state index in [0.29, 0.717) is 13.1 Å². The zero-order valence-corrected chi connectivity index (χ0v) is 14.5. The Bertz CT molecular complexity index is 295. The number of carbonyl (C=O) groups excluding carboxylic acids is 1. The minimum absolute atomic E-state index is 0.294. The third kappa shape index (κ3) is 8.24. The van der Waals surface area contributed by atoms with Gasteiger partial charge in [-0.15, -0.1) is 0 Å². The topological polar surface area (TPSA) is 68.8 Å². The molecular formula is C15H32N2O4. The van der Waals surface area contributed by atoms with Crippen LogP contribution < -0.4 is 10.6 Å². The molecule has 0 heterocycles. The summed E-state index contributed by atoms with van der Waals surface area (Å²) in [4.78, 5) is 12.0. The Kier molecular flexibility index (Phi) is 8.85. The van der Waals surface area contributed by atoms with Crippen LogP contribution in [0.2, 0.25) is 0 Å². The van der Waals surface area contributed by atoms with Crippen molar-refractivity contribution in [3.63, 3.8) is 0 Å². The van der Waals surface area contributed by atoms with Gasteiger partial charge < -0.3 is 24.8 Å². The SMILES string of the molecule is CCC(CC)(CNCC(OC)OC)NC(=O)OC(C)(C)C. The summed E-state index contributed by atoms with van der Waals surface area (Å²) >= 11 is 0. The van der Waals surface area contributed by atoms with Crippen LogP contribution in [0.5, 0.6) is 0 Å². The summed E-state index contributed by atoms with van der Waals surface area (Å²) in [6.45, 7) is 10.8. The molecule has 0 aromatic rings. The van der Waals surface area contributed by atoms with E-state index in [4.69, 9.17) is 14.2 Å². The summed E-state index contributed by atoms with van der Waals surface area (Å²) in [5.41, 5.74) is -0.837. The first-order valence-electron chi connectivity index (χ1n) is 7.49. The zero-order chi connectivity index (χ0) is 16.5. The molecule has 0 aliphatic heterocycles. The number of ether oxygens (including phenoxy) is 3. The summed E-state index contributed by atoms with van der Waals surface area (Å²) in [7, 11) is 3.20. The van der Waals surface area contributed by atoms with Crippen LogP contribution >= 0.6 is 0 Å². The largest absolute Gasteiger partial charge is 0.444 e. The molecule has 0 aromatic heterocycles. The average Bonchev–Trinajstić information content (AvgIpc) is 2.40. The Balaban J connectivity index is 4.51. The Labute approximate surface area is 128 Å². The highest BCUT2D eigenvalue weighted by atomic mass is 16.7. The number of carbonyl (C=O) groups is 1. The molecule has 2 N–H and O–H groups in total. The van der Waals surface area contributed by atoms with Gasteiger partial charge in [-0.2, -0.15) is 0 Å². The number of amides is 1. The van der Waals surface area contributed by atoms with Gasteiger partial charge in [0.05, 0.1) is 5.54 Å². The van der Waals surface area contributed by atoms with Crippen molar-refractivity contribution in [3.8, 4) is 0 Å². The second-order valence-corrected chi connectivity index (χ2v) is 6.15. The Morgan fingerprint density at radius 2 is 1.62 bits per heavy atom. The Hall–Kier alpha value is -0.850. The van der Waals surface area contributed by atoms with E-state index in [0.717, 1.165) is 12.8 Å². The summed E-state index contributed by atoms with van der Waals surface area (Å²) in [5, 5.41) is 6.27. The highest BCUT2D eigenvalue weighted by molar-refractivity contribution is 5.68. The molecule has 0 aliphatic rings. The fourth-order valence-corrected chi connectivity index (χ4v) is 1.93. The summed E-state index contributed by atoms with van der Waals surface area (Å²) < 4.78 is 15.6. The monoisotopic (exact) mass is 304 g/mol. The molecular weight excluding hydrogens is 272 g/mol. The lowest BCUT2D eigenvalue weighted by molar-refractivity contribution is -0.0992. The van der Waals surface area contributed by atoms with Crippen LogP contribution in [0, 0.1) is 0 Å². The van der Waals surface area contributed by atoms with Crippen LogP contribution in [0.1, 0.15) is 47.5 Å². The van der Waals surface area contributed by atoms with E-state index in [9.17, 15) is 4.79 Å². The van der Waals surface area contributed by atoms with E-state index >= 15 is 0 Å². The molecule has 0 saturated heterocycles. The van der Waals surface area contributed by atoms with Gasteiger partial charge in [0, 0.05) is 27.3 Å². The summed E-state index contributed by atoms with van der Waals surface area (Å²) in [6, 6.07) is 0. The van der Waals surface area contributed by atoms with Crippen LogP contribution in [0.4, 0.5) is 4.79 Å². The smallest absolute Gasteiger partial charge is 0.408 e. The van der Waals surface area contributed by atoms with Gasteiger partial charge in [-0.1, -0.05) is 13.8 Å². The highest BCUT2D eigenvalue weighted by Crippen LogP contribution is 2.16. The number of hydrogen-bond donors (Lipinski definition) is 2. The standard InChI is InChI=1S/C15H32N2O4/c1-8-15(9-2,11-16-10-12(19-6)20-7)17-13(18)21-14(3,4)5/h12,16H,8-11H2,1-7H3,(H,17,18). The van der Waals surface area contributed by atoms with Gasteiger partial charge in [0.2, 0.25) is 0 Å². The average molecular weight is 304 g/mol. The second-order valence-electron chi connectivity index (χ2n) is 6.15. The fourth-order valence-electron chi connectivity index (χ4n) is 1.93. The van der Waals surface area contributed by atoms with Crippen molar-refractivity contribution in [3.05, 3.63) is 0 Å². The number of hydrogen-bond acceptors (Lipinski definition) is 5. The third-order valence-electron chi connectivity index (χ3n) is 3.42. The quantitative estimate of drug-likeness (QED) is 0.640. The molecule has 0 unspecified atom stereocenters. The van der Waals surface area contributed by atoms with Crippen molar-refractivity contribution in [2.24, 2.45) is 0 Å². The molecule has 0 fully saturated rings. The molecule has 1 amide bonds. The maximum atomic E-state index is 12.0. The number of methoxy groups -OCH3 is 2. The zero-order valence-electron chi connectivity index (χ0n) is 14.5. The first-order valence-corrected chi connectivity index (χ1v) is 7.49. The molecule has 0 rings (SSSR count). The van der Waals surface area contributed by atoms with Crippen LogP contribution in [-0.2, 0) is 14.2 Å². The second kappa shape index (κ2) is 9.23. The van der Waals surface area contributed by atoms with Gasteiger partial charge in [0.25, 0.3) is 0 Å². The van der Waals surface area contributed by atoms with E-state index in [1.165, 1.54) is 0 Å². The van der Waals surface area contributed by atoms with Gasteiger partial charge >= 0.3 is 6.09 Å². The van der Waals surface area contributed by atoms with Gasteiger partial charge in [-0.3, -0.25) is 0 Å². The van der Waals surface area contributed by atoms with E-state index in [-0.39, 0.29) is 17.9 Å². The predicted molar refractivity (Wildman–Crippen MR) is 83.4 cm³/mol. The van der Waals surface area contributed by atoms with E-state index < -0.39 is 5.60 Å². The Morgan fingerprint density at radius 3 is 2.00 bits per heavy atom. The van der Waals surface area contributed by atoms with Gasteiger partial charge in [0.1, 0.15) is 5.60 Å². The molecule has 6 heteroatoms. The molecule has 126 valence electrons. The highest BCUT2D eigenvalue weighted by Gasteiger charge is 2.30. The summed E-state index contributed by atoms with van der Waals surface area (Å²) in [5.74, 6) is 0. The van der Waals surface area contributed by atoms with Gasteiger partial charge in [-0.25, -0.2) is 4.79 Å². The van der Waals surface area contributed by atoms with Crippen molar-refractivity contribution in [2.75, 3.05) is 27.3 Å². The van der Waals surface area contributed by atoms with E-state index in [1.54, 1.807) is 14.2 Å². The van der Waals surface area contributed by atoms with Crippen LogP contribution in [0.3, 0.4) is 0 Å². The van der Waals surface area contributed by atoms with Gasteiger partial charge in [0.15, 0.2) is 6.29 Å².